The summed E-state index contributed by atoms with van der Waals surface area (Å²) in [4.78, 5) is 0. The molecule has 2 unspecified atom stereocenters. The molecular formula is C35H54O4Si2. The molecule has 0 saturated heterocycles. The highest BCUT2D eigenvalue weighted by Crippen LogP contribution is 2.45. The monoisotopic (exact) mass is 594 g/mol. The Bertz CT molecular complexity index is 1180. The number of allylic oxidation sites excluding steroid dienone is 3. The smallest absolute Gasteiger partial charge is 0.205 e. The van der Waals surface area contributed by atoms with E-state index < -0.39 is 23.7 Å². The summed E-state index contributed by atoms with van der Waals surface area (Å²) in [6, 6.07) is 14.9. The predicted octanol–water partition coefficient (Wildman–Crippen LogP) is 9.71. The van der Waals surface area contributed by atoms with Gasteiger partial charge in [0.25, 0.3) is 0 Å². The van der Waals surface area contributed by atoms with Gasteiger partial charge < -0.3 is 18.7 Å². The maximum Gasteiger partial charge on any atom is 0.205 e. The zero-order chi connectivity index (χ0) is 31.2. The summed E-state index contributed by atoms with van der Waals surface area (Å²) < 4.78 is 19.7. The molecule has 0 heterocycles. The van der Waals surface area contributed by atoms with Crippen LogP contribution in [0.4, 0.5) is 0 Å². The summed E-state index contributed by atoms with van der Waals surface area (Å²) in [5.41, 5.74) is 4.75. The van der Waals surface area contributed by atoms with Gasteiger partial charge in [-0.1, -0.05) is 84.0 Å². The first-order chi connectivity index (χ1) is 18.8. The standard InChI is InChI=1S/C35H54O4Si2/c1-25(16-15-21-35(8,9)36)27-17-14-18-28(23-27)37-24-26-19-20-29(31(33(2,3)4)38-40(10)11)30(22-26)32(34(5,6)7)39-41(12)13/h14-23,31-32,36H,24H2,1-13H3/b21-15+,25-16-. The van der Waals surface area contributed by atoms with Crippen molar-refractivity contribution in [2.45, 2.75) is 113 Å². The topological polar surface area (TPSA) is 47.9 Å². The third kappa shape index (κ3) is 11.7. The Morgan fingerprint density at radius 3 is 1.88 bits per heavy atom. The Labute approximate surface area is 254 Å². The molecule has 0 spiro atoms. The molecule has 2 atom stereocenters. The van der Waals surface area contributed by atoms with Crippen LogP contribution in [0, 0.1) is 10.8 Å². The molecule has 226 valence electrons. The van der Waals surface area contributed by atoms with Crippen molar-refractivity contribution in [2.24, 2.45) is 10.8 Å². The maximum atomic E-state index is 9.94. The summed E-state index contributed by atoms with van der Waals surface area (Å²) in [6.45, 7) is 28.4. The van der Waals surface area contributed by atoms with Gasteiger partial charge in [-0.25, -0.2) is 0 Å². The molecule has 2 aromatic carbocycles. The average Bonchev–Trinajstić information content (AvgIpc) is 2.82. The van der Waals surface area contributed by atoms with Crippen molar-refractivity contribution in [1.82, 2.24) is 0 Å². The van der Waals surface area contributed by atoms with E-state index in [2.05, 4.69) is 105 Å². The van der Waals surface area contributed by atoms with Crippen molar-refractivity contribution in [3.05, 3.63) is 82.9 Å². The number of ether oxygens (including phenoxy) is 1. The Morgan fingerprint density at radius 1 is 0.805 bits per heavy atom. The Balaban J connectivity index is 2.47. The van der Waals surface area contributed by atoms with Gasteiger partial charge in [0.05, 0.1) is 17.8 Å². The van der Waals surface area contributed by atoms with E-state index >= 15 is 0 Å². The van der Waals surface area contributed by atoms with Gasteiger partial charge in [-0.2, -0.15) is 0 Å². The lowest BCUT2D eigenvalue weighted by molar-refractivity contribution is 0.0655. The van der Waals surface area contributed by atoms with E-state index in [9.17, 15) is 5.11 Å². The van der Waals surface area contributed by atoms with Gasteiger partial charge >= 0.3 is 0 Å². The molecule has 4 nitrogen and oxygen atoms in total. The Morgan fingerprint density at radius 2 is 1.37 bits per heavy atom. The fourth-order valence-electron chi connectivity index (χ4n) is 4.59. The number of hydrogen-bond acceptors (Lipinski definition) is 4. The lowest BCUT2D eigenvalue weighted by Gasteiger charge is -2.39. The first-order valence-corrected chi connectivity index (χ1v) is 19.5. The Hall–Kier alpha value is -1.97. The predicted molar refractivity (Wildman–Crippen MR) is 178 cm³/mol. The molecule has 0 aromatic heterocycles. The van der Waals surface area contributed by atoms with Crippen molar-refractivity contribution < 1.29 is 18.7 Å². The highest BCUT2D eigenvalue weighted by molar-refractivity contribution is 6.48. The summed E-state index contributed by atoms with van der Waals surface area (Å²) in [6.07, 6.45) is 5.62. The SMILES string of the molecule is C/C(=C/C=C/C(C)(C)O)c1cccc(OCc2ccc(C(O[Si](C)C)C(C)(C)C)c(C(O[Si](C)C)C(C)(C)C)c2)c1. The quantitative estimate of drug-likeness (QED) is 0.196. The number of benzene rings is 2. The van der Waals surface area contributed by atoms with E-state index in [1.807, 2.05) is 24.3 Å². The lowest BCUT2D eigenvalue weighted by atomic mass is 9.77. The second-order valence-electron chi connectivity index (χ2n) is 14.2. The Kier molecular flexibility index (Phi) is 12.4. The van der Waals surface area contributed by atoms with Crippen LogP contribution in [0.25, 0.3) is 5.57 Å². The molecule has 2 radical (unpaired) electrons. The molecule has 0 fully saturated rings. The molecule has 41 heavy (non-hydrogen) atoms. The van der Waals surface area contributed by atoms with Crippen LogP contribution in [0.15, 0.2) is 60.7 Å². The van der Waals surface area contributed by atoms with Crippen LogP contribution in [0.5, 0.6) is 5.75 Å². The highest BCUT2D eigenvalue weighted by Gasteiger charge is 2.36. The third-order valence-corrected chi connectivity index (χ3v) is 7.96. The fraction of sp³-hybridized carbons (Fsp3) is 0.543. The van der Waals surface area contributed by atoms with Gasteiger partial charge in [-0.05, 0) is 104 Å². The van der Waals surface area contributed by atoms with Crippen LogP contribution in [0.2, 0.25) is 26.2 Å². The third-order valence-electron chi connectivity index (χ3n) is 6.54. The van der Waals surface area contributed by atoms with Crippen LogP contribution >= 0.6 is 0 Å². The van der Waals surface area contributed by atoms with Crippen molar-refractivity contribution in [3.63, 3.8) is 0 Å². The highest BCUT2D eigenvalue weighted by atomic mass is 28.3. The second-order valence-corrected chi connectivity index (χ2v) is 18.3. The van der Waals surface area contributed by atoms with Crippen LogP contribution in [-0.2, 0) is 15.5 Å². The molecule has 2 aromatic rings. The van der Waals surface area contributed by atoms with E-state index in [1.54, 1.807) is 19.9 Å². The summed E-state index contributed by atoms with van der Waals surface area (Å²) in [7, 11) is -1.87. The number of rotatable bonds is 12. The van der Waals surface area contributed by atoms with Gasteiger partial charge in [-0.3, -0.25) is 0 Å². The van der Waals surface area contributed by atoms with E-state index in [0.717, 1.165) is 22.4 Å². The second kappa shape index (κ2) is 14.5. The minimum Gasteiger partial charge on any atom is -0.489 e. The van der Waals surface area contributed by atoms with Gasteiger partial charge in [0.1, 0.15) is 12.4 Å². The van der Waals surface area contributed by atoms with E-state index in [-0.39, 0.29) is 23.0 Å². The van der Waals surface area contributed by atoms with Gasteiger partial charge in [0.2, 0.25) is 18.1 Å². The van der Waals surface area contributed by atoms with E-state index in [0.29, 0.717) is 6.61 Å². The minimum atomic E-state index is -0.947. The van der Waals surface area contributed by atoms with Crippen LogP contribution < -0.4 is 4.74 Å². The largest absolute Gasteiger partial charge is 0.489 e. The normalized spacial score (nSPS) is 15.2. The first-order valence-electron chi connectivity index (χ1n) is 14.7. The number of aliphatic hydroxyl groups is 1. The van der Waals surface area contributed by atoms with Crippen LogP contribution in [-0.4, -0.2) is 28.8 Å². The van der Waals surface area contributed by atoms with Crippen molar-refractivity contribution in [3.8, 4) is 5.75 Å². The molecule has 0 amide bonds. The van der Waals surface area contributed by atoms with Crippen molar-refractivity contribution >= 4 is 23.7 Å². The van der Waals surface area contributed by atoms with Crippen molar-refractivity contribution in [2.75, 3.05) is 0 Å². The summed E-state index contributed by atoms with van der Waals surface area (Å²) in [5, 5.41) is 9.94. The van der Waals surface area contributed by atoms with E-state index in [4.69, 9.17) is 13.6 Å². The molecule has 0 aliphatic rings. The average molecular weight is 595 g/mol. The summed E-state index contributed by atoms with van der Waals surface area (Å²) >= 11 is 0. The lowest BCUT2D eigenvalue weighted by Crippen LogP contribution is -2.31. The molecule has 0 bridgehead atoms. The molecule has 0 saturated carbocycles. The van der Waals surface area contributed by atoms with Crippen LogP contribution in [0.1, 0.15) is 96.8 Å². The first kappa shape index (κ1) is 35.2. The minimum absolute atomic E-state index is 0.0221. The number of hydrogen-bond donors (Lipinski definition) is 1. The zero-order valence-corrected chi connectivity index (χ0v) is 29.8. The van der Waals surface area contributed by atoms with Gasteiger partial charge in [-0.15, -0.1) is 0 Å². The zero-order valence-electron chi connectivity index (χ0n) is 27.8. The van der Waals surface area contributed by atoms with Gasteiger partial charge in [0, 0.05) is 0 Å². The molecule has 0 aliphatic carbocycles. The summed E-state index contributed by atoms with van der Waals surface area (Å²) in [5.74, 6) is 0.823. The molecule has 2 rings (SSSR count). The molecule has 1 N–H and O–H groups in total. The molecule has 0 aliphatic heterocycles. The maximum absolute atomic E-state index is 9.94. The fourth-order valence-corrected chi connectivity index (χ4v) is 6.49. The van der Waals surface area contributed by atoms with Gasteiger partial charge in [0.15, 0.2) is 0 Å². The van der Waals surface area contributed by atoms with Crippen molar-refractivity contribution in [1.29, 1.82) is 0 Å². The van der Waals surface area contributed by atoms with E-state index in [1.165, 1.54) is 11.1 Å². The molecule has 6 heteroatoms. The van der Waals surface area contributed by atoms with Crippen LogP contribution in [0.3, 0.4) is 0 Å². The molecular weight excluding hydrogens is 541 g/mol.